The quantitative estimate of drug-likeness (QED) is 0.718. The molecule has 0 atom stereocenters. The molecule has 0 spiro atoms. The van der Waals surface area contributed by atoms with E-state index in [1.165, 1.54) is 29.5 Å². The second-order valence-corrected chi connectivity index (χ2v) is 7.55. The van der Waals surface area contributed by atoms with Gasteiger partial charge >= 0.3 is 0 Å². The molecule has 132 valence electrons. The van der Waals surface area contributed by atoms with Gasteiger partial charge in [-0.2, -0.15) is 0 Å². The van der Waals surface area contributed by atoms with Crippen molar-refractivity contribution in [3.05, 3.63) is 53.7 Å². The highest BCUT2D eigenvalue weighted by molar-refractivity contribution is 5.75. The van der Waals surface area contributed by atoms with Gasteiger partial charge in [-0.25, -0.2) is 19.9 Å². The first-order valence-electron chi connectivity index (χ1n) is 9.57. The van der Waals surface area contributed by atoms with Gasteiger partial charge in [-0.15, -0.1) is 0 Å². The van der Waals surface area contributed by atoms with Crippen molar-refractivity contribution in [2.24, 2.45) is 0 Å². The van der Waals surface area contributed by atoms with E-state index in [9.17, 15) is 0 Å². The molecule has 0 bridgehead atoms. The third-order valence-electron chi connectivity index (χ3n) is 5.63. The number of hydrogen-bond donors (Lipinski definition) is 0. The second kappa shape index (κ2) is 6.31. The van der Waals surface area contributed by atoms with E-state index in [0.717, 1.165) is 49.1 Å². The van der Waals surface area contributed by atoms with Gasteiger partial charge in [0.25, 0.3) is 0 Å². The summed E-state index contributed by atoms with van der Waals surface area (Å²) in [5, 5.41) is 1.17. The molecule has 4 heterocycles. The molecule has 0 unspecified atom stereocenters. The molecule has 1 aliphatic heterocycles. The molecular weight excluding hydrogens is 322 g/mol. The topological polar surface area (TPSA) is 54.8 Å². The summed E-state index contributed by atoms with van der Waals surface area (Å²) in [4.78, 5) is 20.6. The molecule has 0 amide bonds. The van der Waals surface area contributed by atoms with Crippen LogP contribution in [0.15, 0.2) is 36.7 Å². The summed E-state index contributed by atoms with van der Waals surface area (Å²) in [7, 11) is 0. The van der Waals surface area contributed by atoms with Crippen LogP contribution in [-0.2, 0) is 0 Å². The van der Waals surface area contributed by atoms with E-state index >= 15 is 0 Å². The van der Waals surface area contributed by atoms with Crippen molar-refractivity contribution >= 4 is 16.9 Å². The summed E-state index contributed by atoms with van der Waals surface area (Å²) in [6.07, 6.45) is 8.68. The molecule has 2 fully saturated rings. The minimum absolute atomic E-state index is 0.503. The maximum atomic E-state index is 4.88. The Balaban J connectivity index is 1.32. The highest BCUT2D eigenvalue weighted by Crippen LogP contribution is 2.40. The van der Waals surface area contributed by atoms with Crippen molar-refractivity contribution in [3.8, 4) is 0 Å². The molecular formula is C21H23N5. The Morgan fingerprint density at radius 2 is 1.77 bits per heavy atom. The van der Waals surface area contributed by atoms with Gasteiger partial charge in [-0.1, -0.05) is 0 Å². The number of piperidine rings is 1. The van der Waals surface area contributed by atoms with Gasteiger partial charge in [0.15, 0.2) is 5.65 Å². The first kappa shape index (κ1) is 15.7. The number of anilines is 1. The fourth-order valence-electron chi connectivity index (χ4n) is 3.93. The van der Waals surface area contributed by atoms with Crippen LogP contribution in [0.1, 0.15) is 54.6 Å². The Bertz CT molecular complexity index is 942. The van der Waals surface area contributed by atoms with Crippen LogP contribution in [0.5, 0.6) is 0 Å². The van der Waals surface area contributed by atoms with Crippen molar-refractivity contribution in [3.63, 3.8) is 0 Å². The lowest BCUT2D eigenvalue weighted by Gasteiger charge is -2.32. The van der Waals surface area contributed by atoms with Gasteiger partial charge in [0, 0.05) is 42.5 Å². The van der Waals surface area contributed by atoms with Crippen molar-refractivity contribution < 1.29 is 0 Å². The molecule has 26 heavy (non-hydrogen) atoms. The molecule has 5 rings (SSSR count). The van der Waals surface area contributed by atoms with Crippen LogP contribution in [0.3, 0.4) is 0 Å². The van der Waals surface area contributed by atoms with E-state index in [0.29, 0.717) is 5.92 Å². The summed E-state index contributed by atoms with van der Waals surface area (Å²) in [6, 6.07) is 8.69. The maximum absolute atomic E-state index is 4.88. The molecule has 0 aromatic carbocycles. The zero-order valence-electron chi connectivity index (χ0n) is 15.1. The Morgan fingerprint density at radius 1 is 0.923 bits per heavy atom. The average Bonchev–Trinajstić information content (AvgIpc) is 3.53. The fourth-order valence-corrected chi connectivity index (χ4v) is 3.93. The van der Waals surface area contributed by atoms with E-state index in [2.05, 4.69) is 38.1 Å². The summed E-state index contributed by atoms with van der Waals surface area (Å²) in [6.45, 7) is 3.96. The number of pyridine rings is 2. The molecule has 0 N–H and O–H groups in total. The predicted molar refractivity (Wildman–Crippen MR) is 102 cm³/mol. The van der Waals surface area contributed by atoms with Crippen LogP contribution >= 0.6 is 0 Å². The minimum atomic E-state index is 0.503. The summed E-state index contributed by atoms with van der Waals surface area (Å²) < 4.78 is 0. The highest BCUT2D eigenvalue weighted by atomic mass is 15.2. The smallest absolute Gasteiger partial charge is 0.159 e. The van der Waals surface area contributed by atoms with Crippen LogP contribution in [0.25, 0.3) is 11.0 Å². The summed E-state index contributed by atoms with van der Waals surface area (Å²) in [5.74, 6) is 3.11. The van der Waals surface area contributed by atoms with E-state index in [4.69, 9.17) is 4.98 Å². The average molecular weight is 345 g/mol. The van der Waals surface area contributed by atoms with Crippen molar-refractivity contribution in [2.45, 2.75) is 44.4 Å². The summed E-state index contributed by atoms with van der Waals surface area (Å²) in [5.41, 5.74) is 3.45. The van der Waals surface area contributed by atoms with Gasteiger partial charge in [0.1, 0.15) is 11.6 Å². The Kier molecular flexibility index (Phi) is 3.80. The van der Waals surface area contributed by atoms with Crippen LogP contribution in [0.2, 0.25) is 0 Å². The van der Waals surface area contributed by atoms with Crippen molar-refractivity contribution in [2.75, 3.05) is 18.0 Å². The normalized spacial score (nSPS) is 18.4. The Morgan fingerprint density at radius 3 is 2.54 bits per heavy atom. The number of aromatic nitrogens is 4. The predicted octanol–water partition coefficient (Wildman–Crippen LogP) is 3.99. The lowest BCUT2D eigenvalue weighted by molar-refractivity contribution is 0.494. The van der Waals surface area contributed by atoms with Crippen molar-refractivity contribution in [1.29, 1.82) is 0 Å². The minimum Gasteiger partial charge on any atom is -0.356 e. The third kappa shape index (κ3) is 3.02. The first-order valence-corrected chi connectivity index (χ1v) is 9.57. The van der Waals surface area contributed by atoms with E-state index in [1.54, 1.807) is 0 Å². The number of aryl methyl sites for hydroxylation is 1. The molecule has 3 aromatic heterocycles. The van der Waals surface area contributed by atoms with Gasteiger partial charge in [0.2, 0.25) is 0 Å². The molecule has 5 nitrogen and oxygen atoms in total. The monoisotopic (exact) mass is 345 g/mol. The largest absolute Gasteiger partial charge is 0.356 e. The molecule has 0 radical (unpaired) electrons. The number of fused-ring (bicyclic) bond motifs is 1. The van der Waals surface area contributed by atoms with Crippen LogP contribution in [0, 0.1) is 6.92 Å². The lowest BCUT2D eigenvalue weighted by atomic mass is 9.93. The molecule has 1 saturated heterocycles. The summed E-state index contributed by atoms with van der Waals surface area (Å²) >= 11 is 0. The van der Waals surface area contributed by atoms with E-state index in [1.807, 2.05) is 25.4 Å². The molecule has 3 aromatic rings. The first-order chi connectivity index (χ1) is 12.8. The Hall–Kier alpha value is -2.56. The molecule has 1 aliphatic carbocycles. The van der Waals surface area contributed by atoms with E-state index < -0.39 is 0 Å². The van der Waals surface area contributed by atoms with E-state index in [-0.39, 0.29) is 0 Å². The second-order valence-electron chi connectivity index (χ2n) is 7.55. The maximum Gasteiger partial charge on any atom is 0.159 e. The molecule has 5 heteroatoms. The van der Waals surface area contributed by atoms with Crippen LogP contribution < -0.4 is 4.90 Å². The zero-order valence-corrected chi connectivity index (χ0v) is 15.1. The number of rotatable bonds is 3. The molecule has 1 saturated carbocycles. The van der Waals surface area contributed by atoms with Gasteiger partial charge in [0.05, 0.1) is 0 Å². The SMILES string of the molecule is Cc1nccc(N2CCC(c3ccc4cc(C5CC5)cnc4n3)CC2)n1. The van der Waals surface area contributed by atoms with Crippen LogP contribution in [-0.4, -0.2) is 33.0 Å². The molecule has 2 aliphatic rings. The van der Waals surface area contributed by atoms with Gasteiger partial charge in [-0.3, -0.25) is 0 Å². The third-order valence-corrected chi connectivity index (χ3v) is 5.63. The lowest BCUT2D eigenvalue weighted by Crippen LogP contribution is -2.33. The Labute approximate surface area is 153 Å². The standard InChI is InChI=1S/C21H23N5/c1-14-22-9-6-20(24-14)26-10-7-16(8-11-26)19-5-4-17-12-18(15-2-3-15)13-23-21(17)25-19/h4-6,9,12-13,15-16H,2-3,7-8,10-11H2,1H3. The number of hydrogen-bond acceptors (Lipinski definition) is 5. The fraction of sp³-hybridized carbons (Fsp3) is 0.429. The van der Waals surface area contributed by atoms with Gasteiger partial charge in [-0.05, 0) is 68.4 Å². The highest BCUT2D eigenvalue weighted by Gasteiger charge is 2.25. The zero-order chi connectivity index (χ0) is 17.5. The number of nitrogens with zero attached hydrogens (tertiary/aromatic N) is 5. The van der Waals surface area contributed by atoms with Crippen LogP contribution in [0.4, 0.5) is 5.82 Å². The van der Waals surface area contributed by atoms with Gasteiger partial charge < -0.3 is 4.90 Å². The van der Waals surface area contributed by atoms with Crippen molar-refractivity contribution in [1.82, 2.24) is 19.9 Å².